The Morgan fingerprint density at radius 2 is 1.90 bits per heavy atom. The van der Waals surface area contributed by atoms with E-state index < -0.39 is 0 Å². The van der Waals surface area contributed by atoms with Crippen molar-refractivity contribution in [2.24, 2.45) is 0 Å². The first-order valence-electron chi connectivity index (χ1n) is 6.75. The number of benzene rings is 1. The fourth-order valence-corrected chi connectivity index (χ4v) is 3.89. The van der Waals surface area contributed by atoms with Gasteiger partial charge in [-0.3, -0.25) is 0 Å². The number of imidazole rings is 1. The molecule has 0 aliphatic rings. The predicted molar refractivity (Wildman–Crippen MR) is 90.9 cm³/mol. The summed E-state index contributed by atoms with van der Waals surface area (Å²) in [4.78, 5) is 18.2. The first-order chi connectivity index (χ1) is 10.0. The van der Waals surface area contributed by atoms with E-state index in [1.54, 1.807) is 11.3 Å². The molecule has 0 aliphatic carbocycles. The molecule has 0 saturated carbocycles. The lowest BCUT2D eigenvalue weighted by molar-refractivity contribution is 0.500. The lowest BCUT2D eigenvalue weighted by Crippen LogP contribution is -2.21. The van der Waals surface area contributed by atoms with Crippen LogP contribution in [0.4, 0.5) is 0 Å². The molecule has 3 rings (SSSR count). The summed E-state index contributed by atoms with van der Waals surface area (Å²) in [6.07, 6.45) is 0. The highest BCUT2D eigenvalue weighted by molar-refractivity contribution is 9.10. The Hall–Kier alpha value is -1.37. The second-order valence-electron chi connectivity index (χ2n) is 5.16. The molecule has 2 unspecified atom stereocenters. The molecule has 110 valence electrons. The summed E-state index contributed by atoms with van der Waals surface area (Å²) >= 11 is 5.23. The number of halogens is 1. The van der Waals surface area contributed by atoms with Crippen LogP contribution in [0.15, 0.2) is 38.9 Å². The highest BCUT2D eigenvalue weighted by atomic mass is 79.9. The van der Waals surface area contributed by atoms with Crippen molar-refractivity contribution in [3.8, 4) is 0 Å². The van der Waals surface area contributed by atoms with Gasteiger partial charge in [0.2, 0.25) is 0 Å². The lowest BCUT2D eigenvalue weighted by Gasteiger charge is -2.19. The highest BCUT2D eigenvalue weighted by Gasteiger charge is 2.13. The smallest absolute Gasteiger partial charge is 0.306 e. The van der Waals surface area contributed by atoms with Crippen LogP contribution in [-0.2, 0) is 0 Å². The molecular weight excluding hydrogens is 350 g/mol. The normalized spacial score (nSPS) is 14.4. The van der Waals surface area contributed by atoms with Crippen molar-refractivity contribution in [3.63, 3.8) is 0 Å². The zero-order valence-electron chi connectivity index (χ0n) is 11.7. The largest absolute Gasteiger partial charge is 0.323 e. The van der Waals surface area contributed by atoms with Gasteiger partial charge in [-0.25, -0.2) is 4.79 Å². The minimum Gasteiger partial charge on any atom is -0.306 e. The quantitative estimate of drug-likeness (QED) is 0.651. The van der Waals surface area contributed by atoms with Crippen LogP contribution in [0.25, 0.3) is 11.0 Å². The summed E-state index contributed by atoms with van der Waals surface area (Å²) in [5, 5.41) is 5.68. The number of nitrogens with one attached hydrogen (secondary N) is 3. The van der Waals surface area contributed by atoms with E-state index in [9.17, 15) is 4.79 Å². The topological polar surface area (TPSA) is 60.7 Å². The molecule has 0 radical (unpaired) electrons. The first kappa shape index (κ1) is 14.6. The molecule has 6 heteroatoms. The zero-order valence-corrected chi connectivity index (χ0v) is 14.1. The Balaban J connectivity index is 1.79. The first-order valence-corrected chi connectivity index (χ1v) is 8.42. The van der Waals surface area contributed by atoms with Crippen LogP contribution in [0.3, 0.4) is 0 Å². The van der Waals surface area contributed by atoms with E-state index in [1.165, 1.54) is 4.88 Å². The van der Waals surface area contributed by atoms with Gasteiger partial charge < -0.3 is 15.3 Å². The van der Waals surface area contributed by atoms with E-state index >= 15 is 0 Å². The van der Waals surface area contributed by atoms with Gasteiger partial charge in [-0.2, -0.15) is 0 Å². The molecule has 2 aromatic heterocycles. The minimum atomic E-state index is -0.167. The fraction of sp³-hybridized carbons (Fsp3) is 0.267. The Morgan fingerprint density at radius 3 is 2.62 bits per heavy atom. The summed E-state index contributed by atoms with van der Waals surface area (Å²) in [5.41, 5.74) is 2.67. The standard InChI is InChI=1S/C15H16BrN3OS/c1-8(17-9(2)14-6-11(16)7-21-14)10-3-4-12-13(5-10)19-15(20)18-12/h3-9,17H,1-2H3,(H2,18,19,20). The van der Waals surface area contributed by atoms with Crippen molar-refractivity contribution in [1.29, 1.82) is 0 Å². The van der Waals surface area contributed by atoms with E-state index in [0.29, 0.717) is 0 Å². The molecule has 21 heavy (non-hydrogen) atoms. The zero-order chi connectivity index (χ0) is 15.0. The van der Waals surface area contributed by atoms with Gasteiger partial charge in [0.1, 0.15) is 0 Å². The monoisotopic (exact) mass is 365 g/mol. The summed E-state index contributed by atoms with van der Waals surface area (Å²) in [6.45, 7) is 4.29. The van der Waals surface area contributed by atoms with Gasteiger partial charge in [0.05, 0.1) is 11.0 Å². The molecule has 0 spiro atoms. The Kier molecular flexibility index (Phi) is 4.01. The number of thiophene rings is 1. The van der Waals surface area contributed by atoms with Crippen molar-refractivity contribution in [2.45, 2.75) is 25.9 Å². The van der Waals surface area contributed by atoms with Crippen LogP contribution >= 0.6 is 27.3 Å². The van der Waals surface area contributed by atoms with E-state index in [-0.39, 0.29) is 17.8 Å². The van der Waals surface area contributed by atoms with E-state index in [0.717, 1.165) is 21.1 Å². The third kappa shape index (κ3) is 3.12. The SMILES string of the molecule is CC(NC(C)c1cc(Br)cs1)c1ccc2[nH]c(=O)[nH]c2c1. The van der Waals surface area contributed by atoms with Gasteiger partial charge >= 0.3 is 5.69 Å². The van der Waals surface area contributed by atoms with Gasteiger partial charge in [-0.05, 0) is 53.5 Å². The maximum Gasteiger partial charge on any atom is 0.323 e. The number of hydrogen-bond acceptors (Lipinski definition) is 3. The van der Waals surface area contributed by atoms with Gasteiger partial charge in [0.25, 0.3) is 0 Å². The summed E-state index contributed by atoms with van der Waals surface area (Å²) in [5.74, 6) is 0. The van der Waals surface area contributed by atoms with Crippen molar-refractivity contribution >= 4 is 38.3 Å². The van der Waals surface area contributed by atoms with Crippen molar-refractivity contribution in [1.82, 2.24) is 15.3 Å². The molecular formula is C15H16BrN3OS. The second-order valence-corrected chi connectivity index (χ2v) is 7.02. The van der Waals surface area contributed by atoms with E-state index in [1.807, 2.05) is 18.2 Å². The molecule has 0 amide bonds. The fourth-order valence-electron chi connectivity index (χ4n) is 2.43. The third-order valence-electron chi connectivity index (χ3n) is 3.55. The van der Waals surface area contributed by atoms with Crippen molar-refractivity contribution in [2.75, 3.05) is 0 Å². The molecule has 2 atom stereocenters. The molecule has 0 fully saturated rings. The maximum atomic E-state index is 11.3. The van der Waals surface area contributed by atoms with Gasteiger partial charge in [-0.15, -0.1) is 11.3 Å². The minimum absolute atomic E-state index is 0.167. The molecule has 3 aromatic rings. The van der Waals surface area contributed by atoms with E-state index in [2.05, 4.69) is 56.5 Å². The third-order valence-corrected chi connectivity index (χ3v) is 5.43. The molecule has 0 bridgehead atoms. The number of aromatic amines is 2. The van der Waals surface area contributed by atoms with E-state index in [4.69, 9.17) is 0 Å². The van der Waals surface area contributed by atoms with Crippen LogP contribution in [0.2, 0.25) is 0 Å². The highest BCUT2D eigenvalue weighted by Crippen LogP contribution is 2.27. The molecule has 0 aliphatic heterocycles. The van der Waals surface area contributed by atoms with Gasteiger partial charge in [0, 0.05) is 26.8 Å². The van der Waals surface area contributed by atoms with Crippen molar-refractivity contribution < 1.29 is 0 Å². The number of rotatable bonds is 4. The molecule has 0 saturated heterocycles. The number of aromatic nitrogens is 2. The van der Waals surface area contributed by atoms with Crippen LogP contribution in [0.1, 0.15) is 36.4 Å². The average molecular weight is 366 g/mol. The summed E-state index contributed by atoms with van der Waals surface area (Å²) in [6, 6.07) is 8.61. The molecule has 4 nitrogen and oxygen atoms in total. The molecule has 2 heterocycles. The molecule has 1 aromatic carbocycles. The van der Waals surface area contributed by atoms with Crippen LogP contribution in [0, 0.1) is 0 Å². The summed E-state index contributed by atoms with van der Waals surface area (Å²) in [7, 11) is 0. The Labute approximate surface area is 134 Å². The summed E-state index contributed by atoms with van der Waals surface area (Å²) < 4.78 is 1.12. The van der Waals surface area contributed by atoms with Gasteiger partial charge in [-0.1, -0.05) is 6.07 Å². The number of fused-ring (bicyclic) bond motifs is 1. The van der Waals surface area contributed by atoms with Crippen LogP contribution in [-0.4, -0.2) is 9.97 Å². The average Bonchev–Trinajstić information content (AvgIpc) is 3.02. The van der Waals surface area contributed by atoms with Crippen LogP contribution in [0.5, 0.6) is 0 Å². The Morgan fingerprint density at radius 1 is 1.14 bits per heavy atom. The maximum absolute atomic E-state index is 11.3. The number of H-pyrrole nitrogens is 2. The lowest BCUT2D eigenvalue weighted by atomic mass is 10.1. The van der Waals surface area contributed by atoms with Gasteiger partial charge in [0.15, 0.2) is 0 Å². The van der Waals surface area contributed by atoms with Crippen LogP contribution < -0.4 is 11.0 Å². The Bertz CT molecular complexity index is 820. The number of hydrogen-bond donors (Lipinski definition) is 3. The second kappa shape index (κ2) is 5.79. The van der Waals surface area contributed by atoms with Crippen molar-refractivity contribution in [3.05, 3.63) is 55.0 Å². The predicted octanol–water partition coefficient (Wildman–Crippen LogP) is 4.09. The molecule has 3 N–H and O–H groups in total.